The zero-order valence-corrected chi connectivity index (χ0v) is 11.7. The first kappa shape index (κ1) is 12.4. The Morgan fingerprint density at radius 1 is 1.18 bits per heavy atom. The summed E-state index contributed by atoms with van der Waals surface area (Å²) in [4.78, 5) is 0. The fourth-order valence-electron chi connectivity index (χ4n) is 1.77. The van der Waals surface area contributed by atoms with E-state index in [4.69, 9.17) is 0 Å². The lowest BCUT2D eigenvalue weighted by atomic mass is 10.1. The predicted molar refractivity (Wildman–Crippen MR) is 74.6 cm³/mol. The second-order valence-electron chi connectivity index (χ2n) is 4.32. The van der Waals surface area contributed by atoms with E-state index >= 15 is 0 Å². The van der Waals surface area contributed by atoms with Crippen LogP contribution in [0.5, 0.6) is 0 Å². The number of hydrogen-bond acceptors (Lipinski definition) is 1. The van der Waals surface area contributed by atoms with E-state index in [1.54, 1.807) is 0 Å². The van der Waals surface area contributed by atoms with Gasteiger partial charge in [0.2, 0.25) is 0 Å². The van der Waals surface area contributed by atoms with Crippen LogP contribution in [-0.2, 0) is 13.0 Å². The summed E-state index contributed by atoms with van der Waals surface area (Å²) in [5.41, 5.74) is 3.91. The van der Waals surface area contributed by atoms with Gasteiger partial charge in [-0.3, -0.25) is 4.68 Å². The van der Waals surface area contributed by atoms with E-state index in [0.29, 0.717) is 0 Å². The molecule has 0 bridgehead atoms. The second kappa shape index (κ2) is 6.01. The third kappa shape index (κ3) is 3.70. The average molecular weight is 293 g/mol. The highest BCUT2D eigenvalue weighted by Crippen LogP contribution is 2.08. The predicted octanol–water partition coefficient (Wildman–Crippen LogP) is 3.57. The van der Waals surface area contributed by atoms with Gasteiger partial charge >= 0.3 is 0 Å². The van der Waals surface area contributed by atoms with Crippen molar-refractivity contribution in [3.63, 3.8) is 0 Å². The normalized spacial score (nSPS) is 10.7. The van der Waals surface area contributed by atoms with Crippen LogP contribution in [0.15, 0.2) is 36.7 Å². The largest absolute Gasteiger partial charge is 0.268 e. The SMILES string of the molecule is Cc1ccc(Cn2cc(CCCBr)cn2)cc1. The number of nitrogens with zero attached hydrogens (tertiary/aromatic N) is 2. The Morgan fingerprint density at radius 2 is 1.94 bits per heavy atom. The number of aromatic nitrogens is 2. The van der Waals surface area contributed by atoms with E-state index in [-0.39, 0.29) is 0 Å². The first-order chi connectivity index (χ1) is 8.28. The van der Waals surface area contributed by atoms with Crippen LogP contribution in [0, 0.1) is 6.92 Å². The average Bonchev–Trinajstić information content (AvgIpc) is 2.77. The second-order valence-corrected chi connectivity index (χ2v) is 5.12. The molecule has 2 aromatic rings. The van der Waals surface area contributed by atoms with Crippen LogP contribution in [0.3, 0.4) is 0 Å². The zero-order chi connectivity index (χ0) is 12.1. The summed E-state index contributed by atoms with van der Waals surface area (Å²) >= 11 is 3.45. The Kier molecular flexibility index (Phi) is 4.37. The topological polar surface area (TPSA) is 17.8 Å². The van der Waals surface area contributed by atoms with E-state index in [0.717, 1.165) is 24.7 Å². The van der Waals surface area contributed by atoms with Crippen molar-refractivity contribution in [3.8, 4) is 0 Å². The molecule has 0 amide bonds. The lowest BCUT2D eigenvalue weighted by molar-refractivity contribution is 0.686. The highest BCUT2D eigenvalue weighted by atomic mass is 79.9. The van der Waals surface area contributed by atoms with E-state index < -0.39 is 0 Å². The minimum atomic E-state index is 0.856. The van der Waals surface area contributed by atoms with Crippen LogP contribution >= 0.6 is 15.9 Å². The molecule has 1 aromatic heterocycles. The third-order valence-electron chi connectivity index (χ3n) is 2.75. The molecule has 0 aliphatic carbocycles. The minimum Gasteiger partial charge on any atom is -0.268 e. The first-order valence-corrected chi connectivity index (χ1v) is 7.03. The Labute approximate surface area is 111 Å². The van der Waals surface area contributed by atoms with Gasteiger partial charge in [-0.2, -0.15) is 5.10 Å². The summed E-state index contributed by atoms with van der Waals surface area (Å²) in [6.07, 6.45) is 6.37. The molecule has 3 heteroatoms. The summed E-state index contributed by atoms with van der Waals surface area (Å²) in [5, 5.41) is 5.44. The van der Waals surface area contributed by atoms with Crippen LogP contribution in [0.25, 0.3) is 0 Å². The number of halogens is 1. The van der Waals surface area contributed by atoms with Crippen LogP contribution in [0.4, 0.5) is 0 Å². The highest BCUT2D eigenvalue weighted by Gasteiger charge is 1.99. The molecule has 2 nitrogen and oxygen atoms in total. The van der Waals surface area contributed by atoms with Gasteiger partial charge in [0.25, 0.3) is 0 Å². The molecule has 0 unspecified atom stereocenters. The molecule has 0 aliphatic rings. The van der Waals surface area contributed by atoms with Crippen molar-refractivity contribution in [3.05, 3.63) is 53.3 Å². The van der Waals surface area contributed by atoms with Crippen molar-refractivity contribution in [2.24, 2.45) is 0 Å². The lowest BCUT2D eigenvalue weighted by Gasteiger charge is -2.02. The van der Waals surface area contributed by atoms with E-state index in [1.807, 2.05) is 10.9 Å². The Hall–Kier alpha value is -1.09. The third-order valence-corrected chi connectivity index (χ3v) is 3.31. The van der Waals surface area contributed by atoms with Gasteiger partial charge < -0.3 is 0 Å². The smallest absolute Gasteiger partial charge is 0.0659 e. The number of benzene rings is 1. The van der Waals surface area contributed by atoms with Crippen molar-refractivity contribution >= 4 is 15.9 Å². The molecule has 0 aliphatic heterocycles. The van der Waals surface area contributed by atoms with E-state index in [1.165, 1.54) is 16.7 Å². The summed E-state index contributed by atoms with van der Waals surface area (Å²) in [5.74, 6) is 0. The van der Waals surface area contributed by atoms with E-state index in [2.05, 4.69) is 58.4 Å². The molecule has 2 rings (SSSR count). The van der Waals surface area contributed by atoms with Crippen LogP contribution in [-0.4, -0.2) is 15.1 Å². The molecule has 0 spiro atoms. The molecule has 17 heavy (non-hydrogen) atoms. The molecule has 90 valence electrons. The summed E-state index contributed by atoms with van der Waals surface area (Å²) < 4.78 is 2.01. The van der Waals surface area contributed by atoms with Crippen LogP contribution in [0.1, 0.15) is 23.1 Å². The van der Waals surface area contributed by atoms with Crippen molar-refractivity contribution in [1.82, 2.24) is 9.78 Å². The number of alkyl halides is 1. The van der Waals surface area contributed by atoms with Gasteiger partial charge in [0.15, 0.2) is 0 Å². The molecule has 0 saturated carbocycles. The Morgan fingerprint density at radius 3 is 2.65 bits per heavy atom. The van der Waals surface area contributed by atoms with Gasteiger partial charge in [0.1, 0.15) is 0 Å². The summed E-state index contributed by atoms with van der Waals surface area (Å²) in [6.45, 7) is 2.96. The molecule has 0 saturated heterocycles. The monoisotopic (exact) mass is 292 g/mol. The van der Waals surface area contributed by atoms with Gasteiger partial charge in [-0.25, -0.2) is 0 Å². The molecule has 0 radical (unpaired) electrons. The number of hydrogen-bond donors (Lipinski definition) is 0. The van der Waals surface area contributed by atoms with Crippen LogP contribution in [0.2, 0.25) is 0 Å². The summed E-state index contributed by atoms with van der Waals surface area (Å²) in [6, 6.07) is 8.61. The molecular formula is C14H17BrN2. The summed E-state index contributed by atoms with van der Waals surface area (Å²) in [7, 11) is 0. The van der Waals surface area contributed by atoms with Crippen molar-refractivity contribution in [2.75, 3.05) is 5.33 Å². The van der Waals surface area contributed by atoms with Gasteiger partial charge in [-0.15, -0.1) is 0 Å². The zero-order valence-electron chi connectivity index (χ0n) is 10.1. The van der Waals surface area contributed by atoms with Crippen molar-refractivity contribution in [1.29, 1.82) is 0 Å². The van der Waals surface area contributed by atoms with Gasteiger partial charge in [0.05, 0.1) is 12.7 Å². The van der Waals surface area contributed by atoms with E-state index in [9.17, 15) is 0 Å². The maximum Gasteiger partial charge on any atom is 0.0659 e. The highest BCUT2D eigenvalue weighted by molar-refractivity contribution is 9.09. The number of rotatable bonds is 5. The fraction of sp³-hybridized carbons (Fsp3) is 0.357. The molecule has 1 heterocycles. The first-order valence-electron chi connectivity index (χ1n) is 5.91. The maximum absolute atomic E-state index is 4.39. The molecule has 0 fully saturated rings. The van der Waals surface area contributed by atoms with Crippen molar-refractivity contribution < 1.29 is 0 Å². The number of aryl methyl sites for hydroxylation is 2. The van der Waals surface area contributed by atoms with Gasteiger partial charge in [-0.1, -0.05) is 45.8 Å². The van der Waals surface area contributed by atoms with Crippen molar-refractivity contribution in [2.45, 2.75) is 26.3 Å². The molecule has 1 aromatic carbocycles. The van der Waals surface area contributed by atoms with Gasteiger partial charge in [-0.05, 0) is 30.9 Å². The lowest BCUT2D eigenvalue weighted by Crippen LogP contribution is -1.99. The minimum absolute atomic E-state index is 0.856. The Bertz CT molecular complexity index is 459. The standard InChI is InChI=1S/C14H17BrN2/c1-12-4-6-13(7-5-12)10-17-11-14(9-16-17)3-2-8-15/h4-7,9,11H,2-3,8,10H2,1H3. The maximum atomic E-state index is 4.39. The molecular weight excluding hydrogens is 276 g/mol. The quantitative estimate of drug-likeness (QED) is 0.771. The Balaban J connectivity index is 1.98. The molecule has 0 N–H and O–H groups in total. The van der Waals surface area contributed by atoms with Gasteiger partial charge in [0, 0.05) is 11.5 Å². The van der Waals surface area contributed by atoms with Crippen LogP contribution < -0.4 is 0 Å². The fourth-order valence-corrected chi connectivity index (χ4v) is 2.05. The molecule has 0 atom stereocenters.